The Kier molecular flexibility index (Phi) is 9.17. The Morgan fingerprint density at radius 2 is 1.42 bits per heavy atom. The van der Waals surface area contributed by atoms with Crippen molar-refractivity contribution < 1.29 is 9.59 Å². The minimum Gasteiger partial charge on any atom is -0.352 e. The van der Waals surface area contributed by atoms with E-state index in [4.69, 9.17) is 0 Å². The van der Waals surface area contributed by atoms with Crippen LogP contribution in [0.15, 0.2) is 29.2 Å². The minimum absolute atomic E-state index is 0.0706. The molecular formula is C28H42N2O2S. The fraction of sp³-hybridized carbons (Fsp3) is 0.714. The maximum atomic E-state index is 14.2. The zero-order valence-electron chi connectivity index (χ0n) is 20.4. The molecule has 0 aliphatic heterocycles. The lowest BCUT2D eigenvalue weighted by molar-refractivity contribution is -0.130. The molecule has 0 spiro atoms. The predicted octanol–water partition coefficient (Wildman–Crippen LogP) is 6.58. The van der Waals surface area contributed by atoms with E-state index in [1.807, 2.05) is 30.5 Å². The van der Waals surface area contributed by atoms with Gasteiger partial charge in [0.2, 0.25) is 5.91 Å². The Labute approximate surface area is 204 Å². The number of carbonyl (C=O) groups excluding carboxylic acids is 2. The molecule has 1 aromatic carbocycles. The molecule has 0 aromatic heterocycles. The highest BCUT2D eigenvalue weighted by atomic mass is 32.2. The predicted molar refractivity (Wildman–Crippen MR) is 137 cm³/mol. The number of rotatable bonds is 7. The maximum Gasteiger partial charge on any atom is 0.255 e. The maximum absolute atomic E-state index is 14.2. The summed E-state index contributed by atoms with van der Waals surface area (Å²) < 4.78 is 0. The van der Waals surface area contributed by atoms with Gasteiger partial charge in [-0.25, -0.2) is 0 Å². The molecule has 5 heteroatoms. The molecule has 0 radical (unpaired) electrons. The Morgan fingerprint density at radius 3 is 2.06 bits per heavy atom. The Balaban J connectivity index is 1.68. The third kappa shape index (κ3) is 6.15. The molecule has 1 atom stereocenters. The molecule has 1 N–H and O–H groups in total. The molecule has 2 amide bonds. The molecule has 1 aromatic rings. The van der Waals surface area contributed by atoms with Gasteiger partial charge in [0.25, 0.3) is 5.91 Å². The fourth-order valence-corrected chi connectivity index (χ4v) is 6.98. The smallest absolute Gasteiger partial charge is 0.255 e. The van der Waals surface area contributed by atoms with Gasteiger partial charge in [-0.2, -0.15) is 0 Å². The molecule has 3 saturated carbocycles. The van der Waals surface area contributed by atoms with Crippen molar-refractivity contribution in [3.05, 3.63) is 29.8 Å². The van der Waals surface area contributed by atoms with Crippen LogP contribution in [0.2, 0.25) is 0 Å². The van der Waals surface area contributed by atoms with Crippen LogP contribution in [0.4, 0.5) is 0 Å². The van der Waals surface area contributed by atoms with Crippen molar-refractivity contribution in [3.63, 3.8) is 0 Å². The van der Waals surface area contributed by atoms with Crippen molar-refractivity contribution in [1.29, 1.82) is 0 Å². The van der Waals surface area contributed by atoms with Crippen LogP contribution < -0.4 is 5.32 Å². The first-order valence-electron chi connectivity index (χ1n) is 13.4. The lowest BCUT2D eigenvalue weighted by Crippen LogP contribution is -2.59. The molecule has 4 nitrogen and oxygen atoms in total. The van der Waals surface area contributed by atoms with Gasteiger partial charge >= 0.3 is 0 Å². The second-order valence-electron chi connectivity index (χ2n) is 10.4. The van der Waals surface area contributed by atoms with Gasteiger partial charge in [0.05, 0.1) is 5.56 Å². The molecule has 33 heavy (non-hydrogen) atoms. The van der Waals surface area contributed by atoms with Gasteiger partial charge in [-0.15, -0.1) is 11.8 Å². The van der Waals surface area contributed by atoms with Gasteiger partial charge in [0, 0.05) is 17.0 Å². The average molecular weight is 471 g/mol. The van der Waals surface area contributed by atoms with E-state index in [9.17, 15) is 9.59 Å². The molecule has 182 valence electrons. The molecular weight excluding hydrogens is 428 g/mol. The molecule has 4 rings (SSSR count). The van der Waals surface area contributed by atoms with Crippen LogP contribution in [0.1, 0.15) is 107 Å². The zero-order valence-corrected chi connectivity index (χ0v) is 21.2. The van der Waals surface area contributed by atoms with E-state index in [0.717, 1.165) is 61.8 Å². The highest BCUT2D eigenvalue weighted by Crippen LogP contribution is 2.35. The van der Waals surface area contributed by atoms with E-state index in [0.29, 0.717) is 0 Å². The monoisotopic (exact) mass is 470 g/mol. The molecule has 0 heterocycles. The lowest BCUT2D eigenvalue weighted by Gasteiger charge is -2.44. The van der Waals surface area contributed by atoms with Gasteiger partial charge < -0.3 is 10.2 Å². The van der Waals surface area contributed by atoms with E-state index in [1.165, 1.54) is 44.9 Å². The van der Waals surface area contributed by atoms with Crippen molar-refractivity contribution >= 4 is 23.6 Å². The first-order chi connectivity index (χ1) is 16.2. The third-order valence-corrected chi connectivity index (χ3v) is 8.95. The summed E-state index contributed by atoms with van der Waals surface area (Å²) >= 11 is 1.62. The largest absolute Gasteiger partial charge is 0.352 e. The fourth-order valence-electron chi connectivity index (χ4n) is 6.39. The lowest BCUT2D eigenvalue weighted by atomic mass is 9.80. The number of carbonyl (C=O) groups is 2. The van der Waals surface area contributed by atoms with Crippen molar-refractivity contribution in [3.8, 4) is 0 Å². The second kappa shape index (κ2) is 12.3. The summed E-state index contributed by atoms with van der Waals surface area (Å²) in [5, 5.41) is 3.43. The highest BCUT2D eigenvalue weighted by molar-refractivity contribution is 7.98. The SMILES string of the molecule is CSc1ccccc1C(=O)N(C1CCCCC1)C(C(=O)NC1CCCCC1)C1CCCCC1. The zero-order chi connectivity index (χ0) is 23.0. The number of nitrogens with one attached hydrogen (secondary N) is 1. The van der Waals surface area contributed by atoms with Gasteiger partial charge in [-0.05, 0) is 62.8 Å². The molecule has 0 bridgehead atoms. The van der Waals surface area contributed by atoms with E-state index in [2.05, 4.69) is 10.2 Å². The van der Waals surface area contributed by atoms with Crippen LogP contribution in [0.3, 0.4) is 0 Å². The Bertz CT molecular complexity index is 780. The molecule has 3 fully saturated rings. The number of thioether (sulfide) groups is 1. The second-order valence-corrected chi connectivity index (χ2v) is 11.2. The van der Waals surface area contributed by atoms with Crippen LogP contribution in [0.5, 0.6) is 0 Å². The van der Waals surface area contributed by atoms with Crippen molar-refractivity contribution in [2.24, 2.45) is 5.92 Å². The quantitative estimate of drug-likeness (QED) is 0.458. The summed E-state index contributed by atoms with van der Waals surface area (Å²) in [5.74, 6) is 0.463. The average Bonchev–Trinajstić information content (AvgIpc) is 2.88. The van der Waals surface area contributed by atoms with E-state index >= 15 is 0 Å². The van der Waals surface area contributed by atoms with Crippen molar-refractivity contribution in [2.75, 3.05) is 6.26 Å². The normalized spacial score (nSPS) is 22.0. The number of benzene rings is 1. The van der Waals surface area contributed by atoms with Gasteiger partial charge in [-0.3, -0.25) is 9.59 Å². The van der Waals surface area contributed by atoms with Crippen LogP contribution >= 0.6 is 11.8 Å². The van der Waals surface area contributed by atoms with Crippen LogP contribution in [0, 0.1) is 5.92 Å². The summed E-state index contributed by atoms with van der Waals surface area (Å²) in [6, 6.07) is 8.07. The van der Waals surface area contributed by atoms with Gasteiger partial charge in [0.1, 0.15) is 6.04 Å². The first kappa shape index (κ1) is 24.6. The number of amides is 2. The van der Waals surface area contributed by atoms with Gasteiger partial charge in [0.15, 0.2) is 0 Å². The highest BCUT2D eigenvalue weighted by Gasteiger charge is 2.42. The van der Waals surface area contributed by atoms with E-state index in [-0.39, 0.29) is 35.9 Å². The minimum atomic E-state index is -0.335. The van der Waals surface area contributed by atoms with Gasteiger partial charge in [-0.1, -0.05) is 69.9 Å². The summed E-state index contributed by atoms with van der Waals surface area (Å²) in [5.41, 5.74) is 0.766. The van der Waals surface area contributed by atoms with Crippen molar-refractivity contribution in [1.82, 2.24) is 10.2 Å². The Morgan fingerprint density at radius 1 is 0.848 bits per heavy atom. The standard InChI is InChI=1S/C28H42N2O2S/c1-33-25-20-12-11-19-24(25)28(32)30(23-17-9-4-10-18-23)26(21-13-5-2-6-14-21)27(31)29-22-15-7-3-8-16-22/h11-12,19-23,26H,2-10,13-18H2,1H3,(H,29,31). The van der Waals surface area contributed by atoms with E-state index in [1.54, 1.807) is 11.8 Å². The number of hydrogen-bond donors (Lipinski definition) is 1. The number of hydrogen-bond acceptors (Lipinski definition) is 3. The molecule has 1 unspecified atom stereocenters. The van der Waals surface area contributed by atoms with E-state index < -0.39 is 0 Å². The van der Waals surface area contributed by atoms with Crippen molar-refractivity contribution in [2.45, 2.75) is 119 Å². The summed E-state index contributed by atoms with van der Waals surface area (Å²) in [6.45, 7) is 0. The molecule has 3 aliphatic carbocycles. The summed E-state index contributed by atoms with van der Waals surface area (Å²) in [6.07, 6.45) is 19.2. The van der Waals surface area contributed by atoms with Crippen LogP contribution in [-0.4, -0.2) is 41.1 Å². The summed E-state index contributed by atoms with van der Waals surface area (Å²) in [7, 11) is 0. The third-order valence-electron chi connectivity index (χ3n) is 8.16. The molecule has 0 saturated heterocycles. The summed E-state index contributed by atoms with van der Waals surface area (Å²) in [4.78, 5) is 31.3. The molecule has 3 aliphatic rings. The Hall–Kier alpha value is -1.49. The number of nitrogens with zero attached hydrogens (tertiary/aromatic N) is 1. The van der Waals surface area contributed by atoms with Crippen LogP contribution in [-0.2, 0) is 4.79 Å². The first-order valence-corrected chi connectivity index (χ1v) is 14.7. The topological polar surface area (TPSA) is 49.4 Å². The van der Waals surface area contributed by atoms with Crippen LogP contribution in [0.25, 0.3) is 0 Å².